The number of nitrogens with zero attached hydrogens (tertiary/aromatic N) is 4. The van der Waals surface area contributed by atoms with Crippen molar-refractivity contribution in [1.82, 2.24) is 15.0 Å². The molecule has 158 valence electrons. The second-order valence-electron chi connectivity index (χ2n) is 6.57. The number of amides is 1. The Kier molecular flexibility index (Phi) is 5.78. The molecule has 0 aliphatic carbocycles. The van der Waals surface area contributed by atoms with Gasteiger partial charge in [-0.2, -0.15) is 0 Å². The van der Waals surface area contributed by atoms with Gasteiger partial charge in [0.2, 0.25) is 11.9 Å². The average molecular weight is 455 g/mol. The Hall–Kier alpha value is -3.57. The van der Waals surface area contributed by atoms with Crippen LogP contribution in [0.15, 0.2) is 71.9 Å². The summed E-state index contributed by atoms with van der Waals surface area (Å²) >= 11 is 1.51. The van der Waals surface area contributed by atoms with Crippen LogP contribution in [0.3, 0.4) is 0 Å². The second-order valence-corrected chi connectivity index (χ2v) is 9.26. The topological polar surface area (TPSA) is 117 Å². The van der Waals surface area contributed by atoms with Gasteiger partial charge in [-0.25, -0.2) is 28.1 Å². The van der Waals surface area contributed by atoms with Gasteiger partial charge in [0.25, 0.3) is 10.0 Å². The van der Waals surface area contributed by atoms with Gasteiger partial charge < -0.3 is 10.2 Å². The highest BCUT2D eigenvalue weighted by atomic mass is 32.2. The van der Waals surface area contributed by atoms with Crippen LogP contribution in [0.2, 0.25) is 0 Å². The van der Waals surface area contributed by atoms with Gasteiger partial charge >= 0.3 is 0 Å². The number of likely N-dealkylation sites (N-methyl/N-ethyl adjacent to an activating group) is 1. The first-order chi connectivity index (χ1) is 14.9. The van der Waals surface area contributed by atoms with Crippen molar-refractivity contribution in [2.75, 3.05) is 28.5 Å². The summed E-state index contributed by atoms with van der Waals surface area (Å²) in [5.41, 5.74) is 1.37. The monoisotopic (exact) mass is 454 g/mol. The summed E-state index contributed by atoms with van der Waals surface area (Å²) in [7, 11) is -2.03. The fourth-order valence-electron chi connectivity index (χ4n) is 2.76. The van der Waals surface area contributed by atoms with Crippen LogP contribution in [0.4, 0.5) is 16.8 Å². The van der Waals surface area contributed by atoms with Crippen LogP contribution in [0.1, 0.15) is 0 Å². The maximum atomic E-state index is 12.4. The van der Waals surface area contributed by atoms with E-state index in [4.69, 9.17) is 0 Å². The zero-order valence-corrected chi connectivity index (χ0v) is 18.0. The van der Waals surface area contributed by atoms with Crippen molar-refractivity contribution in [1.29, 1.82) is 0 Å². The molecule has 2 aromatic heterocycles. The van der Waals surface area contributed by atoms with Crippen LogP contribution < -0.4 is 14.9 Å². The van der Waals surface area contributed by atoms with Crippen LogP contribution >= 0.6 is 11.3 Å². The van der Waals surface area contributed by atoms with Gasteiger partial charge in [0.1, 0.15) is 0 Å². The molecule has 2 heterocycles. The van der Waals surface area contributed by atoms with Crippen LogP contribution in [0, 0.1) is 0 Å². The number of thiazole rings is 1. The third kappa shape index (κ3) is 4.95. The summed E-state index contributed by atoms with van der Waals surface area (Å²) in [5.74, 6) is -0.258. The molecule has 0 saturated carbocycles. The van der Waals surface area contributed by atoms with Crippen molar-refractivity contribution < 1.29 is 13.2 Å². The molecule has 2 aromatic carbocycles. The molecule has 0 spiro atoms. The lowest BCUT2D eigenvalue weighted by molar-refractivity contribution is -0.114. The van der Waals surface area contributed by atoms with Crippen molar-refractivity contribution in [2.24, 2.45) is 0 Å². The van der Waals surface area contributed by atoms with Gasteiger partial charge in [-0.1, -0.05) is 23.5 Å². The lowest BCUT2D eigenvalue weighted by atomic mass is 10.3. The Labute approximate surface area is 182 Å². The van der Waals surface area contributed by atoms with Gasteiger partial charge in [0, 0.05) is 25.1 Å². The van der Waals surface area contributed by atoms with Crippen molar-refractivity contribution in [3.05, 3.63) is 67.0 Å². The maximum absolute atomic E-state index is 12.4. The number of benzene rings is 2. The Bertz CT molecular complexity index is 1270. The second kappa shape index (κ2) is 8.66. The molecular weight excluding hydrogens is 436 g/mol. The molecule has 1 amide bonds. The van der Waals surface area contributed by atoms with E-state index in [0.29, 0.717) is 5.69 Å². The largest absolute Gasteiger partial charge is 0.342 e. The van der Waals surface area contributed by atoms with Crippen LogP contribution in [-0.2, 0) is 14.8 Å². The highest BCUT2D eigenvalue weighted by molar-refractivity contribution is 7.92. The zero-order chi connectivity index (χ0) is 21.8. The minimum atomic E-state index is -3.83. The number of rotatable bonds is 7. The van der Waals surface area contributed by atoms with Crippen molar-refractivity contribution in [3.63, 3.8) is 0 Å². The molecule has 11 heteroatoms. The molecule has 0 atom stereocenters. The minimum Gasteiger partial charge on any atom is -0.342 e. The van der Waals surface area contributed by atoms with E-state index >= 15 is 0 Å². The van der Waals surface area contributed by atoms with Crippen molar-refractivity contribution in [2.45, 2.75) is 4.90 Å². The van der Waals surface area contributed by atoms with E-state index in [1.54, 1.807) is 18.0 Å². The van der Waals surface area contributed by atoms with Crippen molar-refractivity contribution in [3.8, 4) is 0 Å². The van der Waals surface area contributed by atoms with E-state index in [-0.39, 0.29) is 23.3 Å². The number of carbonyl (C=O) groups excluding carboxylic acids is 1. The molecule has 0 aliphatic rings. The molecule has 0 bridgehead atoms. The number of para-hydroxylation sites is 1. The Morgan fingerprint density at radius 2 is 1.74 bits per heavy atom. The third-order valence-corrected chi connectivity index (χ3v) is 6.72. The summed E-state index contributed by atoms with van der Waals surface area (Å²) in [4.78, 5) is 26.4. The predicted molar refractivity (Wildman–Crippen MR) is 121 cm³/mol. The number of nitrogens with one attached hydrogen (secondary N) is 2. The zero-order valence-electron chi connectivity index (χ0n) is 16.4. The summed E-state index contributed by atoms with van der Waals surface area (Å²) in [6.45, 7) is 0.104. The molecule has 4 aromatic rings. The molecule has 0 fully saturated rings. The Morgan fingerprint density at radius 3 is 2.45 bits per heavy atom. The van der Waals surface area contributed by atoms with Crippen LogP contribution in [0.5, 0.6) is 0 Å². The smallest absolute Gasteiger partial charge is 0.264 e. The molecule has 31 heavy (non-hydrogen) atoms. The lowest BCUT2D eigenvalue weighted by Crippen LogP contribution is -2.29. The highest BCUT2D eigenvalue weighted by Crippen LogP contribution is 2.27. The molecule has 0 unspecified atom stereocenters. The Morgan fingerprint density at radius 1 is 1.03 bits per heavy atom. The van der Waals surface area contributed by atoms with E-state index in [9.17, 15) is 13.2 Å². The maximum Gasteiger partial charge on any atom is 0.264 e. The molecule has 2 N–H and O–H groups in total. The van der Waals surface area contributed by atoms with Gasteiger partial charge in [-0.15, -0.1) is 0 Å². The number of carbonyl (C=O) groups is 1. The summed E-state index contributed by atoms with van der Waals surface area (Å²) in [6.07, 6.45) is 2.88. The van der Waals surface area contributed by atoms with Crippen molar-refractivity contribution >= 4 is 54.3 Å². The van der Waals surface area contributed by atoms with Gasteiger partial charge in [0.05, 0.1) is 21.7 Å². The molecule has 0 saturated heterocycles. The Balaban J connectivity index is 1.38. The first-order valence-corrected chi connectivity index (χ1v) is 11.5. The number of hydrogen-bond donors (Lipinski definition) is 2. The lowest BCUT2D eigenvalue weighted by Gasteiger charge is -2.15. The predicted octanol–water partition coefficient (Wildman–Crippen LogP) is 2.96. The SMILES string of the molecule is CN(CC(=O)Nc1ccc(S(=O)(=O)Nc2ncccn2)cc1)c1nc2ccccc2s1. The normalized spacial score (nSPS) is 11.3. The molecule has 9 nitrogen and oxygen atoms in total. The quantitative estimate of drug-likeness (QED) is 0.441. The summed E-state index contributed by atoms with van der Waals surface area (Å²) < 4.78 is 28.2. The van der Waals surface area contributed by atoms with E-state index in [1.165, 1.54) is 48.0 Å². The summed E-state index contributed by atoms with van der Waals surface area (Å²) in [5, 5.41) is 3.50. The van der Waals surface area contributed by atoms with E-state index in [1.807, 2.05) is 24.3 Å². The number of aromatic nitrogens is 3. The fourth-order valence-corrected chi connectivity index (χ4v) is 4.64. The highest BCUT2D eigenvalue weighted by Gasteiger charge is 2.16. The van der Waals surface area contributed by atoms with Crippen LogP contribution in [0.25, 0.3) is 10.2 Å². The fraction of sp³-hybridized carbons (Fsp3) is 0.100. The number of sulfonamides is 1. The summed E-state index contributed by atoms with van der Waals surface area (Å²) in [6, 6.07) is 15.2. The number of anilines is 3. The van der Waals surface area contributed by atoms with Gasteiger partial charge in [-0.05, 0) is 42.5 Å². The first-order valence-electron chi connectivity index (χ1n) is 9.17. The molecule has 4 rings (SSSR count). The van der Waals surface area contributed by atoms with E-state index in [2.05, 4.69) is 25.0 Å². The van der Waals surface area contributed by atoms with Gasteiger partial charge in [-0.3, -0.25) is 4.79 Å². The molecule has 0 radical (unpaired) electrons. The van der Waals surface area contributed by atoms with E-state index in [0.717, 1.165) is 15.3 Å². The first kappa shape index (κ1) is 20.7. The number of fused-ring (bicyclic) bond motifs is 1. The molecular formula is C20H18N6O3S2. The third-order valence-electron chi connectivity index (χ3n) is 4.23. The molecule has 0 aliphatic heterocycles. The average Bonchev–Trinajstić information content (AvgIpc) is 3.19. The van der Waals surface area contributed by atoms with Crippen LogP contribution in [-0.4, -0.2) is 42.9 Å². The van der Waals surface area contributed by atoms with E-state index < -0.39 is 10.0 Å². The van der Waals surface area contributed by atoms with Gasteiger partial charge in [0.15, 0.2) is 5.13 Å². The standard InChI is InChI=1S/C20H18N6O3S2/c1-26(20-24-16-5-2-3-6-17(16)30-20)13-18(27)23-14-7-9-15(10-8-14)31(28,29)25-19-21-11-4-12-22-19/h2-12H,13H2,1H3,(H,23,27)(H,21,22,25). The number of hydrogen-bond acceptors (Lipinski definition) is 8. The minimum absolute atomic E-state index is 0.0160.